The maximum absolute atomic E-state index is 11.9. The smallest absolute Gasteiger partial charge is 0.337 e. The summed E-state index contributed by atoms with van der Waals surface area (Å²) in [7, 11) is 0. The Kier molecular flexibility index (Phi) is 3.36. The Hall–Kier alpha value is -0.780. The summed E-state index contributed by atoms with van der Waals surface area (Å²) in [4.78, 5) is 12.5. The van der Waals surface area contributed by atoms with Crippen LogP contribution in [-0.2, 0) is 4.79 Å². The van der Waals surface area contributed by atoms with Gasteiger partial charge in [0.05, 0.1) is 0 Å². The van der Waals surface area contributed by atoms with E-state index in [2.05, 4.69) is 5.32 Å². The molecule has 6 heteroatoms. The van der Waals surface area contributed by atoms with Crippen LogP contribution >= 0.6 is 0 Å². The van der Waals surface area contributed by atoms with Crippen molar-refractivity contribution >= 4 is 5.91 Å². The summed E-state index contributed by atoms with van der Waals surface area (Å²) in [6, 6.07) is -0.154. The number of halogens is 3. The van der Waals surface area contributed by atoms with Gasteiger partial charge < -0.3 is 10.2 Å². The SMILES string of the molecule is C[C@@H]1CNCCN1C(=O)CC(F)(F)F. The van der Waals surface area contributed by atoms with Gasteiger partial charge in [-0.25, -0.2) is 0 Å². The molecule has 0 bridgehead atoms. The molecule has 1 heterocycles. The van der Waals surface area contributed by atoms with E-state index in [1.54, 1.807) is 6.92 Å². The van der Waals surface area contributed by atoms with E-state index in [1.165, 1.54) is 4.90 Å². The lowest BCUT2D eigenvalue weighted by atomic mass is 10.2. The van der Waals surface area contributed by atoms with Crippen LogP contribution in [0.4, 0.5) is 13.2 Å². The first kappa shape index (κ1) is 11.3. The summed E-state index contributed by atoms with van der Waals surface area (Å²) < 4.78 is 35.8. The van der Waals surface area contributed by atoms with Crippen molar-refractivity contribution in [3.63, 3.8) is 0 Å². The highest BCUT2D eigenvalue weighted by molar-refractivity contribution is 5.77. The zero-order valence-electron chi connectivity index (χ0n) is 7.90. The van der Waals surface area contributed by atoms with Crippen LogP contribution in [0.5, 0.6) is 0 Å². The number of rotatable bonds is 1. The molecule has 1 amide bonds. The molecule has 0 aromatic rings. The van der Waals surface area contributed by atoms with Crippen LogP contribution in [0.2, 0.25) is 0 Å². The predicted octanol–water partition coefficient (Wildman–Crippen LogP) is 0.759. The molecule has 1 fully saturated rings. The third-order valence-electron chi connectivity index (χ3n) is 2.17. The molecule has 1 atom stereocenters. The van der Waals surface area contributed by atoms with Gasteiger partial charge in [-0.1, -0.05) is 0 Å². The summed E-state index contributed by atoms with van der Waals surface area (Å²) in [5, 5.41) is 3.01. The van der Waals surface area contributed by atoms with Crippen molar-refractivity contribution in [2.45, 2.75) is 25.6 Å². The van der Waals surface area contributed by atoms with Crippen molar-refractivity contribution in [2.75, 3.05) is 19.6 Å². The number of nitrogens with one attached hydrogen (secondary N) is 1. The first-order valence-corrected chi connectivity index (χ1v) is 4.47. The van der Waals surface area contributed by atoms with Gasteiger partial charge in [-0.2, -0.15) is 13.2 Å². The highest BCUT2D eigenvalue weighted by Crippen LogP contribution is 2.21. The van der Waals surface area contributed by atoms with E-state index >= 15 is 0 Å². The highest BCUT2D eigenvalue weighted by atomic mass is 19.4. The van der Waals surface area contributed by atoms with Crippen molar-refractivity contribution in [1.29, 1.82) is 0 Å². The van der Waals surface area contributed by atoms with Crippen molar-refractivity contribution in [1.82, 2.24) is 10.2 Å². The topological polar surface area (TPSA) is 32.3 Å². The number of piperazine rings is 1. The Balaban J connectivity index is 2.50. The highest BCUT2D eigenvalue weighted by Gasteiger charge is 2.35. The Morgan fingerprint density at radius 2 is 2.21 bits per heavy atom. The zero-order valence-corrected chi connectivity index (χ0v) is 7.90. The van der Waals surface area contributed by atoms with E-state index in [0.717, 1.165) is 0 Å². The number of alkyl halides is 3. The molecule has 0 unspecified atom stereocenters. The first-order chi connectivity index (χ1) is 6.40. The molecule has 0 spiro atoms. The number of carbonyl (C=O) groups excluding carboxylic acids is 1. The van der Waals surface area contributed by atoms with Crippen LogP contribution in [0, 0.1) is 0 Å². The van der Waals surface area contributed by atoms with Crippen LogP contribution in [0.1, 0.15) is 13.3 Å². The molecule has 0 aromatic heterocycles. The van der Waals surface area contributed by atoms with Crippen LogP contribution < -0.4 is 5.32 Å². The normalized spacial score (nSPS) is 23.7. The number of amides is 1. The Labute approximate surface area is 80.3 Å². The summed E-state index contributed by atoms with van der Waals surface area (Å²) in [6.07, 6.45) is -5.75. The van der Waals surface area contributed by atoms with E-state index < -0.39 is 18.5 Å². The third-order valence-corrected chi connectivity index (χ3v) is 2.17. The Bertz CT molecular complexity index is 217. The molecule has 0 aromatic carbocycles. The van der Waals surface area contributed by atoms with Gasteiger partial charge in [0.15, 0.2) is 0 Å². The molecular weight excluding hydrogens is 197 g/mol. The van der Waals surface area contributed by atoms with Crippen molar-refractivity contribution in [2.24, 2.45) is 0 Å². The molecule has 14 heavy (non-hydrogen) atoms. The monoisotopic (exact) mass is 210 g/mol. The Morgan fingerprint density at radius 3 is 2.71 bits per heavy atom. The van der Waals surface area contributed by atoms with E-state index in [0.29, 0.717) is 19.6 Å². The fraction of sp³-hybridized carbons (Fsp3) is 0.875. The lowest BCUT2D eigenvalue weighted by Gasteiger charge is -2.34. The van der Waals surface area contributed by atoms with Gasteiger partial charge in [0.1, 0.15) is 6.42 Å². The van der Waals surface area contributed by atoms with Gasteiger partial charge in [0, 0.05) is 25.7 Å². The van der Waals surface area contributed by atoms with Gasteiger partial charge in [0.2, 0.25) is 5.91 Å². The van der Waals surface area contributed by atoms with Crippen LogP contribution in [0.15, 0.2) is 0 Å². The maximum atomic E-state index is 11.9. The fourth-order valence-electron chi connectivity index (χ4n) is 1.48. The average Bonchev–Trinajstić information content (AvgIpc) is 2.01. The largest absolute Gasteiger partial charge is 0.397 e. The number of carbonyl (C=O) groups is 1. The van der Waals surface area contributed by atoms with Gasteiger partial charge in [-0.15, -0.1) is 0 Å². The quantitative estimate of drug-likeness (QED) is 0.693. The van der Waals surface area contributed by atoms with Gasteiger partial charge in [-0.05, 0) is 6.92 Å². The van der Waals surface area contributed by atoms with Gasteiger partial charge in [0.25, 0.3) is 0 Å². The average molecular weight is 210 g/mol. The number of nitrogens with zero attached hydrogens (tertiary/aromatic N) is 1. The molecular formula is C8H13F3N2O. The molecule has 1 saturated heterocycles. The second-order valence-electron chi connectivity index (χ2n) is 3.43. The van der Waals surface area contributed by atoms with Gasteiger partial charge in [-0.3, -0.25) is 4.79 Å². The summed E-state index contributed by atoms with van der Waals surface area (Å²) in [5.41, 5.74) is 0. The number of hydrogen-bond acceptors (Lipinski definition) is 2. The molecule has 82 valence electrons. The second kappa shape index (κ2) is 4.16. The minimum Gasteiger partial charge on any atom is -0.337 e. The first-order valence-electron chi connectivity index (χ1n) is 4.47. The van der Waals surface area contributed by atoms with Crippen molar-refractivity contribution in [3.05, 3.63) is 0 Å². The molecule has 1 rings (SSSR count). The fourth-order valence-corrected chi connectivity index (χ4v) is 1.48. The van der Waals surface area contributed by atoms with E-state index in [-0.39, 0.29) is 6.04 Å². The van der Waals surface area contributed by atoms with E-state index in [1.807, 2.05) is 0 Å². The van der Waals surface area contributed by atoms with Gasteiger partial charge >= 0.3 is 6.18 Å². The number of hydrogen-bond donors (Lipinski definition) is 1. The minimum atomic E-state index is -4.40. The predicted molar refractivity (Wildman–Crippen MR) is 44.7 cm³/mol. The lowest BCUT2D eigenvalue weighted by Crippen LogP contribution is -2.52. The third kappa shape index (κ3) is 3.17. The van der Waals surface area contributed by atoms with Crippen LogP contribution in [0.25, 0.3) is 0 Å². The maximum Gasteiger partial charge on any atom is 0.397 e. The molecule has 1 aliphatic heterocycles. The Morgan fingerprint density at radius 1 is 1.57 bits per heavy atom. The standard InChI is InChI=1S/C8H13F3N2O/c1-6-5-12-2-3-13(6)7(14)4-8(9,10)11/h6,12H,2-5H2,1H3/t6-/m1/s1. The molecule has 0 radical (unpaired) electrons. The summed E-state index contributed by atoms with van der Waals surface area (Å²) in [5.74, 6) is -0.827. The van der Waals surface area contributed by atoms with Crippen LogP contribution in [-0.4, -0.2) is 42.7 Å². The van der Waals surface area contributed by atoms with Crippen molar-refractivity contribution in [3.8, 4) is 0 Å². The van der Waals surface area contributed by atoms with Crippen molar-refractivity contribution < 1.29 is 18.0 Å². The molecule has 3 nitrogen and oxygen atoms in total. The van der Waals surface area contributed by atoms with E-state index in [9.17, 15) is 18.0 Å². The zero-order chi connectivity index (χ0) is 10.8. The molecule has 0 saturated carbocycles. The van der Waals surface area contributed by atoms with Crippen LogP contribution in [0.3, 0.4) is 0 Å². The molecule has 0 aliphatic carbocycles. The summed E-state index contributed by atoms with van der Waals surface area (Å²) >= 11 is 0. The summed E-state index contributed by atoms with van der Waals surface area (Å²) in [6.45, 7) is 3.22. The minimum absolute atomic E-state index is 0.154. The molecule has 1 N–H and O–H groups in total. The molecule has 1 aliphatic rings. The van der Waals surface area contributed by atoms with E-state index in [4.69, 9.17) is 0 Å². The second-order valence-corrected chi connectivity index (χ2v) is 3.43. The lowest BCUT2D eigenvalue weighted by molar-refractivity contribution is -0.163.